The van der Waals surface area contributed by atoms with Crippen LogP contribution in [-0.4, -0.2) is 21.3 Å². The van der Waals surface area contributed by atoms with E-state index < -0.39 is 16.4 Å². The maximum absolute atomic E-state index is 12.3. The number of ether oxygens (including phenoxy) is 1. The molecule has 0 aliphatic heterocycles. The SMILES string of the molecule is CS(=O)(=O)c1ccc(-c2ccc(N)c(OC(F)F)c2)cc1. The number of halogens is 2. The molecule has 2 N–H and O–H groups in total. The number of hydrogen-bond donors (Lipinski definition) is 1. The molecular formula is C14H13F2NO3S. The Bertz CT molecular complexity index is 743. The van der Waals surface area contributed by atoms with Gasteiger partial charge in [-0.15, -0.1) is 0 Å². The van der Waals surface area contributed by atoms with E-state index in [1.165, 1.54) is 24.3 Å². The lowest BCUT2D eigenvalue weighted by molar-refractivity contribution is -0.0493. The molecule has 2 aromatic carbocycles. The Kier molecular flexibility index (Phi) is 4.13. The Morgan fingerprint density at radius 1 is 1.05 bits per heavy atom. The zero-order valence-electron chi connectivity index (χ0n) is 11.1. The standard InChI is InChI=1S/C14H13F2NO3S/c1-21(18,19)11-5-2-9(3-6-11)10-4-7-12(17)13(8-10)20-14(15)16/h2-8,14H,17H2,1H3. The van der Waals surface area contributed by atoms with Gasteiger partial charge in [0, 0.05) is 6.26 Å². The summed E-state index contributed by atoms with van der Waals surface area (Å²) in [5.74, 6) is -0.116. The summed E-state index contributed by atoms with van der Waals surface area (Å²) < 4.78 is 51.6. The number of anilines is 1. The van der Waals surface area contributed by atoms with Gasteiger partial charge < -0.3 is 10.5 Å². The molecule has 2 rings (SSSR count). The monoisotopic (exact) mass is 313 g/mol. The summed E-state index contributed by atoms with van der Waals surface area (Å²) in [4.78, 5) is 0.186. The molecule has 0 aliphatic carbocycles. The lowest BCUT2D eigenvalue weighted by Gasteiger charge is -2.10. The second-order valence-corrected chi connectivity index (χ2v) is 6.44. The molecule has 4 nitrogen and oxygen atoms in total. The van der Waals surface area contributed by atoms with Crippen molar-refractivity contribution in [2.75, 3.05) is 12.0 Å². The fraction of sp³-hybridized carbons (Fsp3) is 0.143. The molecule has 0 fully saturated rings. The minimum absolute atomic E-state index is 0.104. The van der Waals surface area contributed by atoms with Gasteiger partial charge in [0.2, 0.25) is 0 Å². The van der Waals surface area contributed by atoms with Crippen LogP contribution in [0.5, 0.6) is 5.75 Å². The van der Waals surface area contributed by atoms with Crippen LogP contribution in [0, 0.1) is 0 Å². The molecule has 112 valence electrons. The van der Waals surface area contributed by atoms with Gasteiger partial charge in [-0.05, 0) is 35.4 Å². The first-order valence-corrected chi connectivity index (χ1v) is 7.81. The van der Waals surface area contributed by atoms with Gasteiger partial charge in [0.05, 0.1) is 10.6 Å². The molecule has 0 saturated carbocycles. The number of sulfone groups is 1. The van der Waals surface area contributed by atoms with Crippen LogP contribution in [0.1, 0.15) is 0 Å². The highest BCUT2D eigenvalue weighted by Crippen LogP contribution is 2.30. The van der Waals surface area contributed by atoms with Crippen molar-refractivity contribution in [1.29, 1.82) is 0 Å². The number of hydrogen-bond acceptors (Lipinski definition) is 4. The van der Waals surface area contributed by atoms with E-state index in [0.29, 0.717) is 11.1 Å². The zero-order valence-corrected chi connectivity index (χ0v) is 11.9. The zero-order chi connectivity index (χ0) is 15.6. The molecule has 0 bridgehead atoms. The molecule has 21 heavy (non-hydrogen) atoms. The number of rotatable bonds is 4. The lowest BCUT2D eigenvalue weighted by Crippen LogP contribution is -2.04. The second-order valence-electron chi connectivity index (χ2n) is 4.43. The Morgan fingerprint density at radius 3 is 2.14 bits per heavy atom. The quantitative estimate of drug-likeness (QED) is 0.881. The Labute approximate surface area is 121 Å². The molecule has 0 heterocycles. The van der Waals surface area contributed by atoms with Crippen LogP contribution in [0.2, 0.25) is 0 Å². The molecule has 0 radical (unpaired) electrons. The highest BCUT2D eigenvalue weighted by Gasteiger charge is 2.11. The van der Waals surface area contributed by atoms with Gasteiger partial charge in [0.25, 0.3) is 0 Å². The molecule has 0 atom stereocenters. The van der Waals surface area contributed by atoms with Crippen molar-refractivity contribution >= 4 is 15.5 Å². The number of nitrogen functional groups attached to an aromatic ring is 1. The Morgan fingerprint density at radius 2 is 1.62 bits per heavy atom. The van der Waals surface area contributed by atoms with E-state index in [1.54, 1.807) is 18.2 Å². The molecule has 2 aromatic rings. The summed E-state index contributed by atoms with van der Waals surface area (Å²) >= 11 is 0. The Hall–Kier alpha value is -2.15. The minimum Gasteiger partial charge on any atom is -0.433 e. The third kappa shape index (κ3) is 3.69. The average Bonchev–Trinajstić information content (AvgIpc) is 2.40. The summed E-state index contributed by atoms with van der Waals surface area (Å²) in [6.07, 6.45) is 1.11. The minimum atomic E-state index is -3.28. The van der Waals surface area contributed by atoms with E-state index in [2.05, 4.69) is 4.74 Å². The van der Waals surface area contributed by atoms with Crippen molar-refractivity contribution in [2.24, 2.45) is 0 Å². The van der Waals surface area contributed by atoms with E-state index in [-0.39, 0.29) is 16.3 Å². The predicted molar refractivity (Wildman–Crippen MR) is 76.0 cm³/mol. The topological polar surface area (TPSA) is 69.4 Å². The largest absolute Gasteiger partial charge is 0.433 e. The second kappa shape index (κ2) is 5.69. The summed E-state index contributed by atoms with van der Waals surface area (Å²) in [7, 11) is -3.28. The van der Waals surface area contributed by atoms with Crippen molar-refractivity contribution in [2.45, 2.75) is 11.5 Å². The fourth-order valence-corrected chi connectivity index (χ4v) is 2.44. The van der Waals surface area contributed by atoms with Crippen molar-refractivity contribution in [3.8, 4) is 16.9 Å². The molecule has 0 aromatic heterocycles. The summed E-state index contributed by atoms with van der Waals surface area (Å²) in [5.41, 5.74) is 6.93. The first-order chi connectivity index (χ1) is 9.77. The van der Waals surface area contributed by atoms with Crippen molar-refractivity contribution in [3.05, 3.63) is 42.5 Å². The first kappa shape index (κ1) is 15.2. The fourth-order valence-electron chi connectivity index (χ4n) is 1.81. The smallest absolute Gasteiger partial charge is 0.387 e. The number of benzene rings is 2. The molecule has 0 amide bonds. The van der Waals surface area contributed by atoms with Crippen LogP contribution in [0.3, 0.4) is 0 Å². The predicted octanol–water partition coefficient (Wildman–Crippen LogP) is 2.94. The summed E-state index contributed by atoms with van der Waals surface area (Å²) in [6.45, 7) is -2.96. The lowest BCUT2D eigenvalue weighted by atomic mass is 10.1. The van der Waals surface area contributed by atoms with Crippen LogP contribution in [0.4, 0.5) is 14.5 Å². The van der Waals surface area contributed by atoms with E-state index in [4.69, 9.17) is 5.73 Å². The van der Waals surface area contributed by atoms with Crippen LogP contribution in [0.25, 0.3) is 11.1 Å². The number of alkyl halides is 2. The van der Waals surface area contributed by atoms with Gasteiger partial charge in [-0.2, -0.15) is 8.78 Å². The highest BCUT2D eigenvalue weighted by molar-refractivity contribution is 7.90. The average molecular weight is 313 g/mol. The summed E-state index contributed by atoms with van der Waals surface area (Å²) in [5, 5.41) is 0. The maximum Gasteiger partial charge on any atom is 0.387 e. The van der Waals surface area contributed by atoms with E-state index >= 15 is 0 Å². The van der Waals surface area contributed by atoms with Crippen molar-refractivity contribution in [3.63, 3.8) is 0 Å². The van der Waals surface area contributed by atoms with E-state index in [9.17, 15) is 17.2 Å². The van der Waals surface area contributed by atoms with Gasteiger partial charge in [-0.3, -0.25) is 0 Å². The van der Waals surface area contributed by atoms with Gasteiger partial charge in [-0.25, -0.2) is 8.42 Å². The van der Waals surface area contributed by atoms with Gasteiger partial charge in [-0.1, -0.05) is 18.2 Å². The van der Waals surface area contributed by atoms with Gasteiger partial charge in [0.1, 0.15) is 5.75 Å². The molecule has 0 aliphatic rings. The molecular weight excluding hydrogens is 300 g/mol. The van der Waals surface area contributed by atoms with Crippen LogP contribution in [0.15, 0.2) is 47.4 Å². The number of nitrogens with two attached hydrogens (primary N) is 1. The van der Waals surface area contributed by atoms with Crippen molar-refractivity contribution < 1.29 is 21.9 Å². The molecule has 7 heteroatoms. The summed E-state index contributed by atoms with van der Waals surface area (Å²) in [6, 6.07) is 10.6. The normalized spacial score (nSPS) is 11.6. The molecule has 0 unspecified atom stereocenters. The molecule has 0 spiro atoms. The van der Waals surface area contributed by atoms with E-state index in [0.717, 1.165) is 6.26 Å². The van der Waals surface area contributed by atoms with Crippen molar-refractivity contribution in [1.82, 2.24) is 0 Å². The van der Waals surface area contributed by atoms with Gasteiger partial charge >= 0.3 is 6.61 Å². The third-order valence-electron chi connectivity index (χ3n) is 2.85. The van der Waals surface area contributed by atoms with Crippen LogP contribution in [-0.2, 0) is 9.84 Å². The van der Waals surface area contributed by atoms with Crippen LogP contribution >= 0.6 is 0 Å². The van der Waals surface area contributed by atoms with Gasteiger partial charge in [0.15, 0.2) is 9.84 Å². The highest BCUT2D eigenvalue weighted by atomic mass is 32.2. The third-order valence-corrected chi connectivity index (χ3v) is 3.97. The molecule has 0 saturated heterocycles. The first-order valence-electron chi connectivity index (χ1n) is 5.92. The Balaban J connectivity index is 2.38. The van der Waals surface area contributed by atoms with E-state index in [1.807, 2.05) is 0 Å². The maximum atomic E-state index is 12.3. The van der Waals surface area contributed by atoms with Crippen LogP contribution < -0.4 is 10.5 Å².